The first-order valence-electron chi connectivity index (χ1n) is 7.30. The molecule has 0 spiro atoms. The molecule has 0 bridgehead atoms. The molecule has 0 radical (unpaired) electrons. The SMILES string of the molecule is COc1ccc([C@H]2CCc3c(OC)cc(OC)cc3O2)cc1. The Bertz CT molecular complexity index is 649. The van der Waals surface area contributed by atoms with Crippen molar-refractivity contribution in [1.82, 2.24) is 0 Å². The molecule has 0 unspecified atom stereocenters. The van der Waals surface area contributed by atoms with E-state index in [1.54, 1.807) is 21.3 Å². The van der Waals surface area contributed by atoms with E-state index < -0.39 is 0 Å². The molecule has 1 heterocycles. The van der Waals surface area contributed by atoms with Crippen molar-refractivity contribution in [2.45, 2.75) is 18.9 Å². The second-order valence-electron chi connectivity index (χ2n) is 5.22. The van der Waals surface area contributed by atoms with E-state index in [0.29, 0.717) is 0 Å². The van der Waals surface area contributed by atoms with Crippen LogP contribution in [0.2, 0.25) is 0 Å². The minimum Gasteiger partial charge on any atom is -0.497 e. The quantitative estimate of drug-likeness (QED) is 0.861. The molecule has 0 N–H and O–H groups in total. The zero-order valence-electron chi connectivity index (χ0n) is 13.1. The molecule has 22 heavy (non-hydrogen) atoms. The Kier molecular flexibility index (Phi) is 4.09. The molecule has 4 nitrogen and oxygen atoms in total. The number of ether oxygens (including phenoxy) is 4. The fourth-order valence-electron chi connectivity index (χ4n) is 2.79. The summed E-state index contributed by atoms with van der Waals surface area (Å²) < 4.78 is 22.1. The summed E-state index contributed by atoms with van der Waals surface area (Å²) in [6, 6.07) is 11.8. The second-order valence-corrected chi connectivity index (χ2v) is 5.22. The molecule has 0 saturated heterocycles. The lowest BCUT2D eigenvalue weighted by molar-refractivity contribution is 0.173. The van der Waals surface area contributed by atoms with Crippen LogP contribution in [0.25, 0.3) is 0 Å². The summed E-state index contributed by atoms with van der Waals surface area (Å²) in [5.74, 6) is 3.25. The maximum atomic E-state index is 6.18. The van der Waals surface area contributed by atoms with E-state index in [4.69, 9.17) is 18.9 Å². The number of methoxy groups -OCH3 is 3. The minimum atomic E-state index is 0.0372. The third-order valence-corrected chi connectivity index (χ3v) is 4.01. The molecule has 4 heteroatoms. The van der Waals surface area contributed by atoms with Crippen LogP contribution in [0.4, 0.5) is 0 Å². The Morgan fingerprint density at radius 3 is 2.27 bits per heavy atom. The van der Waals surface area contributed by atoms with Gasteiger partial charge in [0.1, 0.15) is 29.1 Å². The molecular formula is C18H20O4. The molecule has 0 aliphatic carbocycles. The molecule has 0 aromatic heterocycles. The zero-order chi connectivity index (χ0) is 15.5. The van der Waals surface area contributed by atoms with Crippen LogP contribution in [0.1, 0.15) is 23.7 Å². The van der Waals surface area contributed by atoms with Crippen molar-refractivity contribution in [1.29, 1.82) is 0 Å². The van der Waals surface area contributed by atoms with Gasteiger partial charge in [-0.05, 0) is 30.5 Å². The van der Waals surface area contributed by atoms with Crippen molar-refractivity contribution in [3.05, 3.63) is 47.5 Å². The summed E-state index contributed by atoms with van der Waals surface area (Å²) in [4.78, 5) is 0. The van der Waals surface area contributed by atoms with E-state index in [0.717, 1.165) is 47.0 Å². The lowest BCUT2D eigenvalue weighted by Crippen LogP contribution is -2.16. The molecule has 0 saturated carbocycles. The Morgan fingerprint density at radius 1 is 0.909 bits per heavy atom. The fourth-order valence-corrected chi connectivity index (χ4v) is 2.79. The van der Waals surface area contributed by atoms with Crippen molar-refractivity contribution in [2.75, 3.05) is 21.3 Å². The highest BCUT2D eigenvalue weighted by molar-refractivity contribution is 5.52. The second kappa shape index (κ2) is 6.18. The molecule has 0 fully saturated rings. The van der Waals surface area contributed by atoms with Gasteiger partial charge in [0.25, 0.3) is 0 Å². The maximum absolute atomic E-state index is 6.18. The van der Waals surface area contributed by atoms with Gasteiger partial charge < -0.3 is 18.9 Å². The van der Waals surface area contributed by atoms with Crippen LogP contribution in [0.3, 0.4) is 0 Å². The lowest BCUT2D eigenvalue weighted by atomic mass is 9.96. The van der Waals surface area contributed by atoms with Gasteiger partial charge in [0.05, 0.1) is 21.3 Å². The minimum absolute atomic E-state index is 0.0372. The van der Waals surface area contributed by atoms with Crippen LogP contribution in [0.15, 0.2) is 36.4 Å². The Labute approximate surface area is 130 Å². The molecule has 2 aromatic rings. The third-order valence-electron chi connectivity index (χ3n) is 4.01. The van der Waals surface area contributed by atoms with Crippen LogP contribution < -0.4 is 18.9 Å². The summed E-state index contributed by atoms with van der Waals surface area (Å²) in [7, 11) is 4.98. The predicted molar refractivity (Wildman–Crippen MR) is 84.2 cm³/mol. The van der Waals surface area contributed by atoms with Crippen LogP contribution in [0, 0.1) is 0 Å². The van der Waals surface area contributed by atoms with Gasteiger partial charge in [0, 0.05) is 17.7 Å². The van der Waals surface area contributed by atoms with E-state index in [-0.39, 0.29) is 6.10 Å². The standard InChI is InChI=1S/C18H20O4/c1-19-13-6-4-12(5-7-13)16-9-8-15-17(21-3)10-14(20-2)11-18(15)22-16/h4-7,10-11,16H,8-9H2,1-3H3/t16-/m1/s1. The summed E-state index contributed by atoms with van der Waals surface area (Å²) in [5, 5.41) is 0. The predicted octanol–water partition coefficient (Wildman–Crippen LogP) is 3.78. The number of rotatable bonds is 4. The highest BCUT2D eigenvalue weighted by atomic mass is 16.5. The molecule has 1 aliphatic rings. The van der Waals surface area contributed by atoms with Gasteiger partial charge in [-0.15, -0.1) is 0 Å². The number of hydrogen-bond acceptors (Lipinski definition) is 4. The molecule has 2 aromatic carbocycles. The number of hydrogen-bond donors (Lipinski definition) is 0. The van der Waals surface area contributed by atoms with E-state index in [2.05, 4.69) is 0 Å². The highest BCUT2D eigenvalue weighted by Gasteiger charge is 2.25. The third kappa shape index (κ3) is 2.69. The van der Waals surface area contributed by atoms with Crippen LogP contribution >= 0.6 is 0 Å². The largest absolute Gasteiger partial charge is 0.497 e. The first kappa shape index (κ1) is 14.6. The van der Waals surface area contributed by atoms with Gasteiger partial charge in [-0.25, -0.2) is 0 Å². The Balaban J connectivity index is 1.89. The van der Waals surface area contributed by atoms with Crippen molar-refractivity contribution < 1.29 is 18.9 Å². The van der Waals surface area contributed by atoms with Crippen LogP contribution in [-0.2, 0) is 6.42 Å². The smallest absolute Gasteiger partial charge is 0.130 e. The Hall–Kier alpha value is -2.36. The summed E-state index contributed by atoms with van der Waals surface area (Å²) in [5.41, 5.74) is 2.25. The van der Waals surface area contributed by atoms with E-state index in [1.807, 2.05) is 36.4 Å². The van der Waals surface area contributed by atoms with Crippen LogP contribution in [0.5, 0.6) is 23.0 Å². The van der Waals surface area contributed by atoms with Crippen LogP contribution in [-0.4, -0.2) is 21.3 Å². The summed E-state index contributed by atoms with van der Waals surface area (Å²) in [6.45, 7) is 0. The van der Waals surface area contributed by atoms with Crippen molar-refractivity contribution in [3.63, 3.8) is 0 Å². The van der Waals surface area contributed by atoms with Gasteiger partial charge in [-0.1, -0.05) is 12.1 Å². The van der Waals surface area contributed by atoms with Gasteiger partial charge in [0.2, 0.25) is 0 Å². The van der Waals surface area contributed by atoms with Gasteiger partial charge in [-0.2, -0.15) is 0 Å². The first-order valence-corrected chi connectivity index (χ1v) is 7.30. The summed E-state index contributed by atoms with van der Waals surface area (Å²) >= 11 is 0. The molecule has 0 amide bonds. The molecule has 1 atom stereocenters. The highest BCUT2D eigenvalue weighted by Crippen LogP contribution is 2.42. The lowest BCUT2D eigenvalue weighted by Gasteiger charge is -2.28. The summed E-state index contributed by atoms with van der Waals surface area (Å²) in [6.07, 6.45) is 1.87. The average Bonchev–Trinajstić information content (AvgIpc) is 2.60. The fraction of sp³-hybridized carbons (Fsp3) is 0.333. The number of benzene rings is 2. The van der Waals surface area contributed by atoms with Crippen molar-refractivity contribution in [3.8, 4) is 23.0 Å². The van der Waals surface area contributed by atoms with Gasteiger partial charge in [-0.3, -0.25) is 0 Å². The molecular weight excluding hydrogens is 280 g/mol. The molecule has 116 valence electrons. The van der Waals surface area contributed by atoms with E-state index in [1.165, 1.54) is 0 Å². The molecule has 1 aliphatic heterocycles. The first-order chi connectivity index (χ1) is 10.7. The zero-order valence-corrected chi connectivity index (χ0v) is 13.1. The topological polar surface area (TPSA) is 36.9 Å². The molecule has 3 rings (SSSR count). The Morgan fingerprint density at radius 2 is 1.64 bits per heavy atom. The van der Waals surface area contributed by atoms with E-state index >= 15 is 0 Å². The number of fused-ring (bicyclic) bond motifs is 1. The van der Waals surface area contributed by atoms with Gasteiger partial charge in [0.15, 0.2) is 0 Å². The van der Waals surface area contributed by atoms with Gasteiger partial charge >= 0.3 is 0 Å². The van der Waals surface area contributed by atoms with Crippen molar-refractivity contribution in [2.24, 2.45) is 0 Å². The average molecular weight is 300 g/mol. The van der Waals surface area contributed by atoms with Crippen molar-refractivity contribution >= 4 is 0 Å². The maximum Gasteiger partial charge on any atom is 0.130 e. The van der Waals surface area contributed by atoms with E-state index in [9.17, 15) is 0 Å². The normalized spacial score (nSPS) is 16.4. The monoisotopic (exact) mass is 300 g/mol.